The minimum absolute atomic E-state index is 0. The summed E-state index contributed by atoms with van der Waals surface area (Å²) < 4.78 is 1.000. The van der Waals surface area contributed by atoms with Crippen molar-refractivity contribution in [2.75, 3.05) is 18.4 Å². The molecule has 0 atom stereocenters. The molecule has 2 aromatic carbocycles. The summed E-state index contributed by atoms with van der Waals surface area (Å²) in [5, 5.41) is 9.34. The lowest BCUT2D eigenvalue weighted by atomic mass is 10.2. The number of carbonyl (C=O) groups excluding carboxylic acids is 1. The molecule has 7 heteroatoms. The Hall–Kier alpha value is -1.61. The third-order valence-corrected chi connectivity index (χ3v) is 4.21. The molecule has 3 N–H and O–H groups in total. The standard InChI is InChI=1S/C20H25BrN4O.HI/c1-3-22-20(24-14-16-7-5-4-6-8-16)23-12-11-19(26)25-18-10-9-17(21)13-15(18)2;/h4-10,13H,3,11-12,14H2,1-2H3,(H,25,26)(H2,22,23,24);1H. The van der Waals surface area contributed by atoms with E-state index >= 15 is 0 Å². The molecule has 0 aliphatic carbocycles. The number of aliphatic imine (C=N–C) groups is 1. The number of amides is 1. The van der Waals surface area contributed by atoms with E-state index in [0.29, 0.717) is 25.5 Å². The third kappa shape index (κ3) is 8.75. The van der Waals surface area contributed by atoms with Crippen LogP contribution in [0.3, 0.4) is 0 Å². The Morgan fingerprint density at radius 2 is 1.85 bits per heavy atom. The normalized spacial score (nSPS) is 10.7. The number of aryl methyl sites for hydroxylation is 1. The van der Waals surface area contributed by atoms with Crippen molar-refractivity contribution in [2.45, 2.75) is 26.8 Å². The highest BCUT2D eigenvalue weighted by Gasteiger charge is 2.06. The van der Waals surface area contributed by atoms with Gasteiger partial charge in [0, 0.05) is 29.7 Å². The number of nitrogens with one attached hydrogen (secondary N) is 3. The first-order chi connectivity index (χ1) is 12.6. The maximum absolute atomic E-state index is 12.1. The molecule has 0 unspecified atom stereocenters. The van der Waals surface area contributed by atoms with Gasteiger partial charge in [-0.3, -0.25) is 4.79 Å². The van der Waals surface area contributed by atoms with E-state index < -0.39 is 0 Å². The molecular weight excluding hydrogens is 519 g/mol. The Morgan fingerprint density at radius 1 is 1.11 bits per heavy atom. The van der Waals surface area contributed by atoms with Crippen LogP contribution in [0.15, 0.2) is 58.0 Å². The maximum Gasteiger partial charge on any atom is 0.226 e. The van der Waals surface area contributed by atoms with E-state index in [4.69, 9.17) is 0 Å². The molecule has 0 saturated heterocycles. The second kappa shape index (κ2) is 12.7. The minimum atomic E-state index is -0.0261. The van der Waals surface area contributed by atoms with Crippen molar-refractivity contribution in [1.29, 1.82) is 0 Å². The largest absolute Gasteiger partial charge is 0.357 e. The van der Waals surface area contributed by atoms with Crippen molar-refractivity contribution < 1.29 is 4.79 Å². The monoisotopic (exact) mass is 544 g/mol. The molecule has 0 aliphatic rings. The van der Waals surface area contributed by atoms with Crippen molar-refractivity contribution in [1.82, 2.24) is 10.6 Å². The number of nitrogens with zero attached hydrogens (tertiary/aromatic N) is 1. The lowest BCUT2D eigenvalue weighted by Crippen LogP contribution is -2.38. The molecule has 27 heavy (non-hydrogen) atoms. The first kappa shape index (κ1) is 23.4. The Bertz CT molecular complexity index is 753. The number of hydrogen-bond donors (Lipinski definition) is 3. The molecule has 0 radical (unpaired) electrons. The molecule has 1 amide bonds. The smallest absolute Gasteiger partial charge is 0.226 e. The molecule has 146 valence electrons. The number of anilines is 1. The van der Waals surface area contributed by atoms with E-state index in [0.717, 1.165) is 27.8 Å². The van der Waals surface area contributed by atoms with Crippen LogP contribution in [-0.2, 0) is 11.3 Å². The number of rotatable bonds is 7. The van der Waals surface area contributed by atoms with Crippen LogP contribution < -0.4 is 16.0 Å². The van der Waals surface area contributed by atoms with Gasteiger partial charge in [-0.2, -0.15) is 0 Å². The van der Waals surface area contributed by atoms with Gasteiger partial charge in [0.1, 0.15) is 0 Å². The first-order valence-corrected chi connectivity index (χ1v) is 9.50. The van der Waals surface area contributed by atoms with Crippen LogP contribution in [0, 0.1) is 6.92 Å². The Labute approximate surface area is 186 Å². The topological polar surface area (TPSA) is 65.5 Å². The van der Waals surface area contributed by atoms with Gasteiger partial charge in [-0.15, -0.1) is 24.0 Å². The maximum atomic E-state index is 12.1. The highest BCUT2D eigenvalue weighted by molar-refractivity contribution is 14.0. The fourth-order valence-electron chi connectivity index (χ4n) is 2.37. The van der Waals surface area contributed by atoms with Crippen LogP contribution >= 0.6 is 39.9 Å². The first-order valence-electron chi connectivity index (χ1n) is 8.70. The van der Waals surface area contributed by atoms with E-state index in [1.54, 1.807) is 0 Å². The average Bonchev–Trinajstić information content (AvgIpc) is 2.63. The van der Waals surface area contributed by atoms with Crippen LogP contribution in [0.4, 0.5) is 5.69 Å². The van der Waals surface area contributed by atoms with Gasteiger partial charge in [-0.05, 0) is 43.2 Å². The fourth-order valence-corrected chi connectivity index (χ4v) is 2.85. The lowest BCUT2D eigenvalue weighted by molar-refractivity contribution is -0.116. The highest BCUT2D eigenvalue weighted by Crippen LogP contribution is 2.20. The molecule has 0 aliphatic heterocycles. The second-order valence-corrected chi connectivity index (χ2v) is 6.78. The Morgan fingerprint density at radius 3 is 2.52 bits per heavy atom. The molecular formula is C20H26BrIN4O. The summed E-state index contributed by atoms with van der Waals surface area (Å²) in [6.07, 6.45) is 0.366. The van der Waals surface area contributed by atoms with Gasteiger partial charge < -0.3 is 16.0 Å². The SMILES string of the molecule is CCNC(=NCc1ccccc1)NCCC(=O)Nc1ccc(Br)cc1C.I. The van der Waals surface area contributed by atoms with Gasteiger partial charge in [-0.25, -0.2) is 4.99 Å². The predicted octanol–water partition coefficient (Wildman–Crippen LogP) is 4.46. The predicted molar refractivity (Wildman–Crippen MR) is 127 cm³/mol. The average molecular weight is 545 g/mol. The zero-order valence-electron chi connectivity index (χ0n) is 15.6. The van der Waals surface area contributed by atoms with Crippen LogP contribution in [0.1, 0.15) is 24.5 Å². The summed E-state index contributed by atoms with van der Waals surface area (Å²) in [5.74, 6) is 0.686. The third-order valence-electron chi connectivity index (χ3n) is 3.71. The Balaban J connectivity index is 0.00000364. The zero-order chi connectivity index (χ0) is 18.8. The number of halogens is 2. The van der Waals surface area contributed by atoms with Crippen molar-refractivity contribution in [3.05, 3.63) is 64.1 Å². The van der Waals surface area contributed by atoms with Gasteiger partial charge in [0.25, 0.3) is 0 Å². The lowest BCUT2D eigenvalue weighted by Gasteiger charge is -2.12. The molecule has 0 bridgehead atoms. The van der Waals surface area contributed by atoms with Gasteiger partial charge >= 0.3 is 0 Å². The van der Waals surface area contributed by atoms with Crippen LogP contribution in [-0.4, -0.2) is 25.0 Å². The molecule has 0 heterocycles. The molecule has 0 fully saturated rings. The van der Waals surface area contributed by atoms with Gasteiger partial charge in [-0.1, -0.05) is 46.3 Å². The summed E-state index contributed by atoms with van der Waals surface area (Å²) >= 11 is 3.42. The highest BCUT2D eigenvalue weighted by atomic mass is 127. The van der Waals surface area contributed by atoms with Gasteiger partial charge in [0.15, 0.2) is 5.96 Å². The van der Waals surface area contributed by atoms with Crippen LogP contribution in [0.5, 0.6) is 0 Å². The fraction of sp³-hybridized carbons (Fsp3) is 0.300. The summed E-state index contributed by atoms with van der Waals surface area (Å²) in [6, 6.07) is 15.9. The summed E-state index contributed by atoms with van der Waals surface area (Å²) in [6.45, 7) is 5.87. The molecule has 0 spiro atoms. The van der Waals surface area contributed by atoms with E-state index in [1.165, 1.54) is 0 Å². The van der Waals surface area contributed by atoms with E-state index in [2.05, 4.69) is 36.9 Å². The quantitative estimate of drug-likeness (QED) is 0.274. The van der Waals surface area contributed by atoms with E-state index in [1.807, 2.05) is 62.4 Å². The Kier molecular flexibility index (Phi) is 11.0. The summed E-state index contributed by atoms with van der Waals surface area (Å²) in [5.41, 5.74) is 3.01. The van der Waals surface area contributed by atoms with Crippen molar-refractivity contribution in [3.63, 3.8) is 0 Å². The molecule has 2 rings (SSSR count). The zero-order valence-corrected chi connectivity index (χ0v) is 19.5. The second-order valence-electron chi connectivity index (χ2n) is 5.86. The summed E-state index contributed by atoms with van der Waals surface area (Å²) in [7, 11) is 0. The molecule has 0 saturated carbocycles. The van der Waals surface area contributed by atoms with Crippen molar-refractivity contribution >= 4 is 57.5 Å². The van der Waals surface area contributed by atoms with E-state index in [-0.39, 0.29) is 29.9 Å². The van der Waals surface area contributed by atoms with Crippen LogP contribution in [0.25, 0.3) is 0 Å². The number of carbonyl (C=O) groups is 1. The van der Waals surface area contributed by atoms with Gasteiger partial charge in [0.05, 0.1) is 6.54 Å². The van der Waals surface area contributed by atoms with Crippen LogP contribution in [0.2, 0.25) is 0 Å². The molecule has 0 aromatic heterocycles. The summed E-state index contributed by atoms with van der Waals surface area (Å²) in [4.78, 5) is 16.7. The molecule has 5 nitrogen and oxygen atoms in total. The van der Waals surface area contributed by atoms with E-state index in [9.17, 15) is 4.79 Å². The minimum Gasteiger partial charge on any atom is -0.357 e. The molecule has 2 aromatic rings. The van der Waals surface area contributed by atoms with Crippen molar-refractivity contribution in [2.24, 2.45) is 4.99 Å². The number of guanidine groups is 1. The van der Waals surface area contributed by atoms with Crippen molar-refractivity contribution in [3.8, 4) is 0 Å². The number of hydrogen-bond acceptors (Lipinski definition) is 2. The number of benzene rings is 2. The van der Waals surface area contributed by atoms with Gasteiger partial charge in [0.2, 0.25) is 5.91 Å².